The average molecular weight is 670 g/mol. The average Bonchev–Trinajstić information content (AvgIpc) is 3.77. The zero-order chi connectivity index (χ0) is 34.0. The Hall–Kier alpha value is -6.14. The molecule has 4 aromatic carbocycles. The molecule has 3 heterocycles. The molecule has 0 fully saturated rings. The van der Waals surface area contributed by atoms with Gasteiger partial charge in [0.05, 0.1) is 30.3 Å². The number of methoxy groups -OCH3 is 1. The molecule has 0 spiro atoms. The van der Waals surface area contributed by atoms with Crippen molar-refractivity contribution in [3.8, 4) is 22.6 Å². The molecular weight excluding hydrogens is 639 g/mol. The summed E-state index contributed by atoms with van der Waals surface area (Å²) >= 11 is 0. The highest BCUT2D eigenvalue weighted by Crippen LogP contribution is 2.39. The van der Waals surface area contributed by atoms with E-state index in [9.17, 15) is 13.2 Å². The third kappa shape index (κ3) is 6.17. The quantitative estimate of drug-likeness (QED) is 0.158. The predicted molar refractivity (Wildman–Crippen MR) is 186 cm³/mol. The van der Waals surface area contributed by atoms with Crippen LogP contribution in [0.5, 0.6) is 0 Å². The van der Waals surface area contributed by atoms with E-state index in [4.69, 9.17) is 9.72 Å². The van der Waals surface area contributed by atoms with Crippen molar-refractivity contribution in [1.29, 1.82) is 0 Å². The Morgan fingerprint density at radius 2 is 1.41 bits per heavy atom. The van der Waals surface area contributed by atoms with Crippen LogP contribution in [0.2, 0.25) is 0 Å². The predicted octanol–water partition coefficient (Wildman–Crippen LogP) is 6.12. The molecule has 0 unspecified atom stereocenters. The van der Waals surface area contributed by atoms with Crippen LogP contribution in [0.15, 0.2) is 132 Å². The van der Waals surface area contributed by atoms with Gasteiger partial charge in [0.1, 0.15) is 5.52 Å². The Labute approximate surface area is 283 Å². The van der Waals surface area contributed by atoms with Crippen LogP contribution >= 0.6 is 0 Å². The Bertz CT molecular complexity index is 2340. The summed E-state index contributed by atoms with van der Waals surface area (Å²) in [4.78, 5) is 21.5. The zero-order valence-corrected chi connectivity index (χ0v) is 27.5. The molecule has 0 saturated heterocycles. The second-order valence-electron chi connectivity index (χ2n) is 11.4. The highest BCUT2D eigenvalue weighted by atomic mass is 32.2. The van der Waals surface area contributed by atoms with Crippen molar-refractivity contribution < 1.29 is 17.9 Å². The second kappa shape index (κ2) is 13.2. The first-order valence-electron chi connectivity index (χ1n) is 15.4. The summed E-state index contributed by atoms with van der Waals surface area (Å²) < 4.78 is 36.2. The van der Waals surface area contributed by atoms with Crippen LogP contribution in [0, 0.1) is 0 Å². The molecule has 0 radical (unpaired) electrons. The number of fused-ring (bicyclic) bond motifs is 1. The molecule has 0 aliphatic carbocycles. The van der Waals surface area contributed by atoms with E-state index < -0.39 is 16.0 Å². The Balaban J connectivity index is 1.55. The molecule has 7 aromatic rings. The van der Waals surface area contributed by atoms with Gasteiger partial charge in [-0.2, -0.15) is 4.80 Å². The van der Waals surface area contributed by atoms with E-state index in [2.05, 4.69) is 15.4 Å². The molecule has 11 nitrogen and oxygen atoms in total. The maximum Gasteiger partial charge on any atom is 0.340 e. The highest BCUT2D eigenvalue weighted by Gasteiger charge is 2.31. The first-order chi connectivity index (χ1) is 23.8. The van der Waals surface area contributed by atoms with Crippen molar-refractivity contribution in [3.05, 3.63) is 144 Å². The summed E-state index contributed by atoms with van der Waals surface area (Å²) in [5.41, 5.74) is 3.90. The minimum absolute atomic E-state index is 0.0765. The third-order valence-corrected chi connectivity index (χ3v) is 9.85. The summed E-state index contributed by atoms with van der Waals surface area (Å²) in [5, 5.41) is 12.8. The topological polar surface area (TPSA) is 125 Å². The Morgan fingerprint density at radius 1 is 0.796 bits per heavy atom. The van der Waals surface area contributed by atoms with Crippen LogP contribution < -0.4 is 4.90 Å². The van der Waals surface area contributed by atoms with Gasteiger partial charge in [-0.15, -0.1) is 10.2 Å². The molecule has 0 amide bonds. The fourth-order valence-corrected chi connectivity index (χ4v) is 7.40. The summed E-state index contributed by atoms with van der Waals surface area (Å²) in [6.07, 6.45) is 1.45. The second-order valence-corrected chi connectivity index (χ2v) is 13.2. The van der Waals surface area contributed by atoms with Gasteiger partial charge in [0, 0.05) is 30.2 Å². The molecular formula is C37H31N7O4S. The Morgan fingerprint density at radius 3 is 2.00 bits per heavy atom. The minimum atomic E-state index is -4.28. The van der Waals surface area contributed by atoms with Crippen molar-refractivity contribution in [2.24, 2.45) is 7.05 Å². The largest absolute Gasteiger partial charge is 0.465 e. The number of carbonyl (C=O) groups excluding carboxylic acids is 1. The molecule has 0 bridgehead atoms. The molecule has 0 aliphatic heterocycles. The monoisotopic (exact) mass is 669 g/mol. The van der Waals surface area contributed by atoms with E-state index in [0.29, 0.717) is 46.9 Å². The van der Waals surface area contributed by atoms with Gasteiger partial charge in [0.2, 0.25) is 5.82 Å². The van der Waals surface area contributed by atoms with Gasteiger partial charge in [0.15, 0.2) is 5.82 Å². The molecule has 0 aliphatic rings. The number of tetrazole rings is 1. The van der Waals surface area contributed by atoms with Crippen molar-refractivity contribution in [3.63, 3.8) is 0 Å². The van der Waals surface area contributed by atoms with Crippen LogP contribution in [0.25, 0.3) is 33.5 Å². The smallest absolute Gasteiger partial charge is 0.340 e. The lowest BCUT2D eigenvalue weighted by atomic mass is 10.1. The van der Waals surface area contributed by atoms with E-state index in [1.54, 1.807) is 55.6 Å². The highest BCUT2D eigenvalue weighted by molar-refractivity contribution is 7.90. The van der Waals surface area contributed by atoms with Gasteiger partial charge in [-0.25, -0.2) is 22.2 Å². The van der Waals surface area contributed by atoms with Crippen molar-refractivity contribution in [2.45, 2.75) is 18.0 Å². The van der Waals surface area contributed by atoms with Crippen molar-refractivity contribution >= 4 is 32.7 Å². The number of pyridine rings is 1. The number of nitrogens with zero attached hydrogens (tertiary/aromatic N) is 7. The number of rotatable bonds is 10. The first-order valence-corrected chi connectivity index (χ1v) is 16.9. The number of benzene rings is 4. The van der Waals surface area contributed by atoms with Gasteiger partial charge in [-0.1, -0.05) is 97.1 Å². The first kappa shape index (κ1) is 31.5. The van der Waals surface area contributed by atoms with Crippen LogP contribution in [0.1, 0.15) is 21.5 Å². The van der Waals surface area contributed by atoms with Crippen LogP contribution in [-0.4, -0.2) is 50.7 Å². The number of aromatic nitrogens is 6. The van der Waals surface area contributed by atoms with Crippen LogP contribution in [0.4, 0.5) is 5.82 Å². The van der Waals surface area contributed by atoms with E-state index in [0.717, 1.165) is 11.1 Å². The third-order valence-electron chi connectivity index (χ3n) is 8.12. The number of hydrogen-bond acceptors (Lipinski definition) is 9. The van der Waals surface area contributed by atoms with Gasteiger partial charge < -0.3 is 9.64 Å². The van der Waals surface area contributed by atoms with E-state index in [1.165, 1.54) is 22.1 Å². The number of carbonyl (C=O) groups is 1. The summed E-state index contributed by atoms with van der Waals surface area (Å²) in [7, 11) is -1.32. The molecule has 3 aromatic heterocycles. The number of esters is 1. The summed E-state index contributed by atoms with van der Waals surface area (Å²) in [5.74, 6) is 0.125. The maximum atomic E-state index is 14.9. The van der Waals surface area contributed by atoms with Crippen LogP contribution in [0.3, 0.4) is 0 Å². The molecule has 0 atom stereocenters. The van der Waals surface area contributed by atoms with Gasteiger partial charge in [0.25, 0.3) is 10.0 Å². The molecule has 12 heteroatoms. The van der Waals surface area contributed by atoms with Crippen molar-refractivity contribution in [1.82, 2.24) is 29.2 Å². The van der Waals surface area contributed by atoms with E-state index in [-0.39, 0.29) is 16.0 Å². The van der Waals surface area contributed by atoms with Gasteiger partial charge >= 0.3 is 5.97 Å². The van der Waals surface area contributed by atoms with Gasteiger partial charge in [-0.3, -0.25) is 0 Å². The standard InChI is InChI=1S/C37H31N7O4S/c1-42-40-35(39-41-42)29-18-12-17-28(21-29)33-22-31-32(37(45)48-2)23-38-36(34(31)44(33)49(46,47)30-19-10-5-11-20-30)43(24-26-13-6-3-7-14-26)25-27-15-8-4-9-16-27/h3-23H,24-25H2,1-2H3. The fraction of sp³-hybridized carbons (Fsp3) is 0.108. The zero-order valence-electron chi connectivity index (χ0n) is 26.7. The fourth-order valence-electron chi connectivity index (χ4n) is 5.85. The van der Waals surface area contributed by atoms with E-state index >= 15 is 0 Å². The lowest BCUT2D eigenvalue weighted by Crippen LogP contribution is -2.25. The SMILES string of the molecule is COC(=O)c1cnc(N(Cc2ccccc2)Cc2ccccc2)c2c1cc(-c1cccc(-c3nnn(C)n3)c1)n2S(=O)(=O)c1ccccc1. The minimum Gasteiger partial charge on any atom is -0.465 e. The molecule has 0 saturated carbocycles. The molecule has 0 N–H and O–H groups in total. The summed E-state index contributed by atoms with van der Waals surface area (Å²) in [6, 6.07) is 36.9. The number of ether oxygens (including phenoxy) is 1. The summed E-state index contributed by atoms with van der Waals surface area (Å²) in [6.45, 7) is 0.824. The maximum absolute atomic E-state index is 14.9. The number of aryl methyl sites for hydroxylation is 1. The molecule has 244 valence electrons. The van der Waals surface area contributed by atoms with Crippen molar-refractivity contribution in [2.75, 3.05) is 12.0 Å². The van der Waals surface area contributed by atoms with E-state index in [1.807, 2.05) is 77.7 Å². The Kier molecular flexibility index (Phi) is 8.45. The lowest BCUT2D eigenvalue weighted by Gasteiger charge is -2.26. The normalized spacial score (nSPS) is 11.5. The lowest BCUT2D eigenvalue weighted by molar-refractivity contribution is 0.0602. The molecule has 49 heavy (non-hydrogen) atoms. The van der Waals surface area contributed by atoms with Gasteiger partial charge in [-0.05, 0) is 46.2 Å². The molecule has 7 rings (SSSR count). The number of hydrogen-bond donors (Lipinski definition) is 0. The van der Waals surface area contributed by atoms with Crippen LogP contribution in [-0.2, 0) is 34.9 Å². The number of anilines is 1.